The summed E-state index contributed by atoms with van der Waals surface area (Å²) in [4.78, 5) is 13.7. The summed E-state index contributed by atoms with van der Waals surface area (Å²) in [5.41, 5.74) is 2.99. The molecule has 1 aliphatic rings. The molecule has 0 radical (unpaired) electrons. The maximum Gasteiger partial charge on any atom is 0.339 e. The number of carbonyl (C=O) groups is 1. The minimum Gasteiger partial charge on any atom is -0.491 e. The third-order valence-electron chi connectivity index (χ3n) is 6.38. The van der Waals surface area contributed by atoms with Crippen LogP contribution in [0.2, 0.25) is 0 Å². The molecule has 1 N–H and O–H groups in total. The van der Waals surface area contributed by atoms with Crippen LogP contribution in [0.15, 0.2) is 54.7 Å². The number of carboxylic acids is 1. The van der Waals surface area contributed by atoms with Crippen LogP contribution in [0.25, 0.3) is 10.9 Å². The maximum atomic E-state index is 11.3. The number of hydrogen-bond donors (Lipinski definition) is 1. The van der Waals surface area contributed by atoms with Gasteiger partial charge in [-0.15, -0.1) is 0 Å². The van der Waals surface area contributed by atoms with Crippen molar-refractivity contribution < 1.29 is 19.4 Å². The van der Waals surface area contributed by atoms with Crippen molar-refractivity contribution in [3.05, 3.63) is 65.9 Å². The monoisotopic (exact) mass is 436 g/mol. The number of ether oxygens (including phenoxy) is 2. The van der Waals surface area contributed by atoms with Gasteiger partial charge in [-0.2, -0.15) is 0 Å². The molecule has 2 aromatic carbocycles. The normalized spacial score (nSPS) is 15.3. The average molecular weight is 437 g/mol. The SMILES string of the molecule is COCCCn1cc(C2CCN(CCOc3ccccc3C(=O)O)CC2)c2ccccc21. The molecule has 32 heavy (non-hydrogen) atoms. The molecule has 1 saturated heterocycles. The molecule has 1 aliphatic heterocycles. The molecule has 0 spiro atoms. The average Bonchev–Trinajstić information content (AvgIpc) is 3.19. The van der Waals surface area contributed by atoms with E-state index in [9.17, 15) is 9.90 Å². The number of nitrogens with zero attached hydrogens (tertiary/aromatic N) is 2. The van der Waals surface area contributed by atoms with E-state index in [0.717, 1.165) is 52.0 Å². The highest BCUT2D eigenvalue weighted by atomic mass is 16.5. The van der Waals surface area contributed by atoms with Crippen LogP contribution in [0, 0.1) is 0 Å². The molecule has 6 heteroatoms. The second-order valence-electron chi connectivity index (χ2n) is 8.41. The highest BCUT2D eigenvalue weighted by Gasteiger charge is 2.23. The molecule has 3 aromatic rings. The number of rotatable bonds is 10. The molecular formula is C26H32N2O4. The van der Waals surface area contributed by atoms with E-state index >= 15 is 0 Å². The van der Waals surface area contributed by atoms with Crippen molar-refractivity contribution in [3.63, 3.8) is 0 Å². The summed E-state index contributed by atoms with van der Waals surface area (Å²) in [6, 6.07) is 15.5. The van der Waals surface area contributed by atoms with Crippen molar-refractivity contribution >= 4 is 16.9 Å². The van der Waals surface area contributed by atoms with Gasteiger partial charge in [0, 0.05) is 43.9 Å². The summed E-state index contributed by atoms with van der Waals surface area (Å²) in [5.74, 6) is 0.0486. The van der Waals surface area contributed by atoms with E-state index in [1.165, 1.54) is 16.5 Å². The zero-order valence-electron chi connectivity index (χ0n) is 18.7. The number of para-hydroxylation sites is 2. The largest absolute Gasteiger partial charge is 0.491 e. The molecule has 0 bridgehead atoms. The van der Waals surface area contributed by atoms with E-state index in [1.807, 2.05) is 0 Å². The Morgan fingerprint density at radius 1 is 1.03 bits per heavy atom. The molecule has 170 valence electrons. The molecule has 0 atom stereocenters. The summed E-state index contributed by atoms with van der Waals surface area (Å²) in [5, 5.41) is 10.7. The van der Waals surface area contributed by atoms with Crippen LogP contribution in [0.5, 0.6) is 5.75 Å². The number of carboxylic acid groups (broad SMARTS) is 1. The predicted molar refractivity (Wildman–Crippen MR) is 126 cm³/mol. The van der Waals surface area contributed by atoms with Gasteiger partial charge >= 0.3 is 5.97 Å². The van der Waals surface area contributed by atoms with Crippen LogP contribution in [0.3, 0.4) is 0 Å². The second kappa shape index (κ2) is 10.7. The van der Waals surface area contributed by atoms with Crippen molar-refractivity contribution in [1.29, 1.82) is 0 Å². The fraction of sp³-hybridized carbons (Fsp3) is 0.423. The van der Waals surface area contributed by atoms with E-state index in [4.69, 9.17) is 9.47 Å². The first-order valence-electron chi connectivity index (χ1n) is 11.4. The Kier molecular flexibility index (Phi) is 7.45. The number of piperidine rings is 1. The van der Waals surface area contributed by atoms with Gasteiger partial charge in [0.15, 0.2) is 0 Å². The lowest BCUT2D eigenvalue weighted by atomic mass is 9.89. The third-order valence-corrected chi connectivity index (χ3v) is 6.38. The van der Waals surface area contributed by atoms with Crippen LogP contribution in [0.1, 0.15) is 41.1 Å². The summed E-state index contributed by atoms with van der Waals surface area (Å²) in [6.45, 7) is 5.10. The van der Waals surface area contributed by atoms with Crippen LogP contribution >= 0.6 is 0 Å². The zero-order valence-corrected chi connectivity index (χ0v) is 18.7. The van der Waals surface area contributed by atoms with Gasteiger partial charge in [-0.3, -0.25) is 4.90 Å². The van der Waals surface area contributed by atoms with Crippen molar-refractivity contribution in [2.75, 3.05) is 40.0 Å². The molecule has 0 unspecified atom stereocenters. The van der Waals surface area contributed by atoms with E-state index in [0.29, 0.717) is 18.3 Å². The van der Waals surface area contributed by atoms with E-state index in [2.05, 4.69) is 39.9 Å². The molecule has 0 aliphatic carbocycles. The second-order valence-corrected chi connectivity index (χ2v) is 8.41. The smallest absolute Gasteiger partial charge is 0.339 e. The quantitative estimate of drug-likeness (QED) is 0.469. The van der Waals surface area contributed by atoms with Gasteiger partial charge in [0.05, 0.1) is 0 Å². The maximum absolute atomic E-state index is 11.3. The van der Waals surface area contributed by atoms with Gasteiger partial charge < -0.3 is 19.1 Å². The Morgan fingerprint density at radius 3 is 2.56 bits per heavy atom. The highest BCUT2D eigenvalue weighted by Crippen LogP contribution is 2.34. The fourth-order valence-corrected chi connectivity index (χ4v) is 4.69. The first-order valence-corrected chi connectivity index (χ1v) is 11.4. The van der Waals surface area contributed by atoms with Gasteiger partial charge in [-0.1, -0.05) is 30.3 Å². The number of aromatic nitrogens is 1. The van der Waals surface area contributed by atoms with Crippen molar-refractivity contribution in [2.24, 2.45) is 0 Å². The van der Waals surface area contributed by atoms with E-state index in [-0.39, 0.29) is 5.56 Å². The minimum atomic E-state index is -0.956. The molecule has 0 saturated carbocycles. The fourth-order valence-electron chi connectivity index (χ4n) is 4.69. The summed E-state index contributed by atoms with van der Waals surface area (Å²) in [6.07, 6.45) is 5.61. The lowest BCUT2D eigenvalue weighted by Gasteiger charge is -2.31. The zero-order chi connectivity index (χ0) is 22.3. The Labute approximate surface area is 189 Å². The van der Waals surface area contributed by atoms with E-state index < -0.39 is 5.97 Å². The predicted octanol–water partition coefficient (Wildman–Crippen LogP) is 4.63. The number of methoxy groups -OCH3 is 1. The minimum absolute atomic E-state index is 0.216. The van der Waals surface area contributed by atoms with Crippen LogP contribution in [-0.4, -0.2) is 60.5 Å². The first-order chi connectivity index (χ1) is 15.7. The Bertz CT molecular complexity index is 1040. The Morgan fingerprint density at radius 2 is 1.78 bits per heavy atom. The molecule has 4 rings (SSSR count). The van der Waals surface area contributed by atoms with Crippen LogP contribution in [0.4, 0.5) is 0 Å². The van der Waals surface area contributed by atoms with Gasteiger partial charge in [0.2, 0.25) is 0 Å². The molecule has 1 fully saturated rings. The number of aryl methyl sites for hydroxylation is 1. The van der Waals surface area contributed by atoms with Crippen LogP contribution < -0.4 is 4.74 Å². The molecule has 1 aromatic heterocycles. The lowest BCUT2D eigenvalue weighted by molar-refractivity contribution is 0.0691. The number of aromatic carboxylic acids is 1. The molecule has 2 heterocycles. The Balaban J connectivity index is 1.33. The lowest BCUT2D eigenvalue weighted by Crippen LogP contribution is -2.35. The standard InChI is InChI=1S/C26H32N2O4/c1-31-17-6-13-28-19-23(21-7-2-4-9-24(21)28)20-11-14-27(15-12-20)16-18-32-25-10-5-3-8-22(25)26(29)30/h2-5,7-10,19-20H,6,11-18H2,1H3,(H,29,30). The van der Waals surface area contributed by atoms with Gasteiger partial charge in [-0.05, 0) is 62.0 Å². The summed E-state index contributed by atoms with van der Waals surface area (Å²) < 4.78 is 13.4. The highest BCUT2D eigenvalue weighted by molar-refractivity contribution is 5.90. The Hall–Kier alpha value is -2.83. The summed E-state index contributed by atoms with van der Waals surface area (Å²) in [7, 11) is 1.75. The summed E-state index contributed by atoms with van der Waals surface area (Å²) >= 11 is 0. The number of hydrogen-bond acceptors (Lipinski definition) is 4. The van der Waals surface area contributed by atoms with Crippen molar-refractivity contribution in [2.45, 2.75) is 31.7 Å². The van der Waals surface area contributed by atoms with Crippen molar-refractivity contribution in [1.82, 2.24) is 9.47 Å². The number of benzene rings is 2. The van der Waals surface area contributed by atoms with Crippen LogP contribution in [-0.2, 0) is 11.3 Å². The number of likely N-dealkylation sites (tertiary alicyclic amines) is 1. The molecule has 0 amide bonds. The number of fused-ring (bicyclic) bond motifs is 1. The third kappa shape index (κ3) is 5.14. The van der Waals surface area contributed by atoms with E-state index in [1.54, 1.807) is 31.4 Å². The van der Waals surface area contributed by atoms with Gasteiger partial charge in [-0.25, -0.2) is 4.79 Å². The van der Waals surface area contributed by atoms with Gasteiger partial charge in [0.1, 0.15) is 17.9 Å². The van der Waals surface area contributed by atoms with Gasteiger partial charge in [0.25, 0.3) is 0 Å². The molecule has 6 nitrogen and oxygen atoms in total. The first kappa shape index (κ1) is 22.4. The molecular weight excluding hydrogens is 404 g/mol. The topological polar surface area (TPSA) is 63.9 Å². The van der Waals surface area contributed by atoms with Crippen molar-refractivity contribution in [3.8, 4) is 5.75 Å².